The van der Waals surface area contributed by atoms with E-state index < -0.39 is 0 Å². The zero-order chi connectivity index (χ0) is 24.6. The molecular weight excluding hydrogens is 414 g/mol. The van der Waals surface area contributed by atoms with Crippen LogP contribution in [-0.2, 0) is 12.8 Å². The number of aliphatic hydroxyl groups is 1. The van der Waals surface area contributed by atoms with Gasteiger partial charge >= 0.3 is 0 Å². The Kier molecular flexibility index (Phi) is 6.99. The van der Waals surface area contributed by atoms with Crippen LogP contribution < -0.4 is 0 Å². The molecule has 0 saturated heterocycles. The zero-order valence-corrected chi connectivity index (χ0v) is 21.8. The molecule has 1 N–H and O–H groups in total. The Morgan fingerprint density at radius 1 is 1.12 bits per heavy atom. The van der Waals surface area contributed by atoms with Crippen molar-refractivity contribution in [1.29, 1.82) is 0 Å². The molecule has 3 aliphatic rings. The van der Waals surface area contributed by atoms with Crippen LogP contribution in [0.4, 0.5) is 0 Å². The summed E-state index contributed by atoms with van der Waals surface area (Å²) in [4.78, 5) is 2.43. The van der Waals surface area contributed by atoms with Crippen LogP contribution in [0.5, 0.6) is 0 Å². The molecule has 1 aromatic rings. The minimum absolute atomic E-state index is 0.102. The van der Waals surface area contributed by atoms with Gasteiger partial charge in [0, 0.05) is 35.0 Å². The molecule has 1 aromatic carbocycles. The summed E-state index contributed by atoms with van der Waals surface area (Å²) in [6.07, 6.45) is 14.9. The maximum Gasteiger partial charge on any atom is 0.117 e. The van der Waals surface area contributed by atoms with Crippen molar-refractivity contribution in [3.63, 3.8) is 0 Å². The highest BCUT2D eigenvalue weighted by Gasteiger charge is 2.50. The molecule has 2 aliphatic heterocycles. The first-order valence-electron chi connectivity index (χ1n) is 13.3. The highest BCUT2D eigenvalue weighted by molar-refractivity contribution is 5.78. The minimum atomic E-state index is 0.102. The molecule has 0 aromatic heterocycles. The van der Waals surface area contributed by atoms with Gasteiger partial charge in [0.1, 0.15) is 5.76 Å². The molecule has 2 atom stereocenters. The van der Waals surface area contributed by atoms with Crippen LogP contribution in [0.1, 0.15) is 101 Å². The summed E-state index contributed by atoms with van der Waals surface area (Å²) in [6.45, 7) is 21.6. The molecule has 2 nitrogen and oxygen atoms in total. The summed E-state index contributed by atoms with van der Waals surface area (Å²) in [7, 11) is 0. The predicted octanol–water partition coefficient (Wildman–Crippen LogP) is 8.77. The summed E-state index contributed by atoms with van der Waals surface area (Å²) < 4.78 is 0. The smallest absolute Gasteiger partial charge is 0.117 e. The third-order valence-electron chi connectivity index (χ3n) is 8.35. The van der Waals surface area contributed by atoms with Crippen molar-refractivity contribution in [3.05, 3.63) is 88.9 Å². The maximum atomic E-state index is 10.2. The number of rotatable bonds is 9. The van der Waals surface area contributed by atoms with Crippen molar-refractivity contribution in [1.82, 2.24) is 4.90 Å². The van der Waals surface area contributed by atoms with E-state index in [-0.39, 0.29) is 11.2 Å². The molecule has 182 valence electrons. The van der Waals surface area contributed by atoms with Crippen molar-refractivity contribution in [2.45, 2.75) is 97.4 Å². The average Bonchev–Trinajstić information content (AvgIpc) is 3.11. The second-order valence-corrected chi connectivity index (χ2v) is 11.3. The van der Waals surface area contributed by atoms with Crippen molar-refractivity contribution >= 4 is 5.70 Å². The van der Waals surface area contributed by atoms with Gasteiger partial charge in [0.25, 0.3) is 0 Å². The normalized spacial score (nSPS) is 22.5. The molecule has 1 fully saturated rings. The van der Waals surface area contributed by atoms with Crippen molar-refractivity contribution in [2.24, 2.45) is 5.41 Å². The SMILES string of the molecule is C=C(CCC)CCCCc1cc2c(cc1CC)C1=CC(=C)C(C(=C)O)=CN1C1C2CCC1(C)C. The maximum absolute atomic E-state index is 10.2. The van der Waals surface area contributed by atoms with E-state index in [4.69, 9.17) is 0 Å². The third-order valence-corrected chi connectivity index (χ3v) is 8.35. The third kappa shape index (κ3) is 4.44. The fourth-order valence-corrected chi connectivity index (χ4v) is 6.56. The Bertz CT molecular complexity index is 1070. The van der Waals surface area contributed by atoms with E-state index in [1.165, 1.54) is 65.6 Å². The van der Waals surface area contributed by atoms with E-state index in [0.717, 1.165) is 36.8 Å². The summed E-state index contributed by atoms with van der Waals surface area (Å²) in [6, 6.07) is 5.39. The molecule has 0 radical (unpaired) electrons. The molecule has 0 amide bonds. The van der Waals surface area contributed by atoms with Gasteiger partial charge < -0.3 is 10.0 Å². The Morgan fingerprint density at radius 2 is 1.88 bits per heavy atom. The lowest BCUT2D eigenvalue weighted by Crippen LogP contribution is -2.45. The average molecular weight is 458 g/mol. The molecule has 4 rings (SSSR count). The van der Waals surface area contributed by atoms with Crippen LogP contribution in [0.3, 0.4) is 0 Å². The summed E-state index contributed by atoms with van der Waals surface area (Å²) >= 11 is 0. The molecule has 34 heavy (non-hydrogen) atoms. The number of hydrogen-bond donors (Lipinski definition) is 1. The van der Waals surface area contributed by atoms with Crippen LogP contribution in [0, 0.1) is 5.41 Å². The molecule has 2 unspecified atom stereocenters. The Balaban J connectivity index is 1.70. The van der Waals surface area contributed by atoms with E-state index in [0.29, 0.717) is 12.0 Å². The number of fused-ring (bicyclic) bond motifs is 6. The van der Waals surface area contributed by atoms with E-state index in [1.54, 1.807) is 0 Å². The Labute approximate surface area is 207 Å². The number of aliphatic hydroxyl groups excluding tert-OH is 1. The van der Waals surface area contributed by atoms with E-state index in [9.17, 15) is 5.11 Å². The van der Waals surface area contributed by atoms with Crippen molar-refractivity contribution < 1.29 is 5.11 Å². The molecule has 2 heteroatoms. The van der Waals surface area contributed by atoms with Gasteiger partial charge in [-0.15, -0.1) is 0 Å². The topological polar surface area (TPSA) is 23.5 Å². The highest BCUT2D eigenvalue weighted by atomic mass is 16.3. The molecule has 0 bridgehead atoms. The molecule has 1 saturated carbocycles. The second kappa shape index (κ2) is 9.64. The number of benzene rings is 1. The Hall–Kier alpha value is -2.48. The van der Waals surface area contributed by atoms with Gasteiger partial charge in [0.2, 0.25) is 0 Å². The van der Waals surface area contributed by atoms with Crippen LogP contribution in [0.15, 0.2) is 66.6 Å². The number of aryl methyl sites for hydroxylation is 2. The molecule has 1 aliphatic carbocycles. The first-order chi connectivity index (χ1) is 16.2. The molecule has 0 spiro atoms. The van der Waals surface area contributed by atoms with Gasteiger partial charge in [0.15, 0.2) is 0 Å². The van der Waals surface area contributed by atoms with Gasteiger partial charge in [-0.25, -0.2) is 0 Å². The lowest BCUT2D eigenvalue weighted by Gasteiger charge is -2.47. The summed E-state index contributed by atoms with van der Waals surface area (Å²) in [5, 5.41) is 10.2. The Morgan fingerprint density at radius 3 is 2.56 bits per heavy atom. The van der Waals surface area contributed by atoms with Crippen LogP contribution in [0.25, 0.3) is 5.70 Å². The largest absolute Gasteiger partial charge is 0.508 e. The number of hydrogen-bond acceptors (Lipinski definition) is 2. The van der Waals surface area contributed by atoms with Crippen LogP contribution in [-0.4, -0.2) is 16.0 Å². The fraction of sp³-hybridized carbons (Fsp3) is 0.500. The van der Waals surface area contributed by atoms with Crippen molar-refractivity contribution in [3.8, 4) is 0 Å². The fourth-order valence-electron chi connectivity index (χ4n) is 6.56. The number of nitrogens with zero attached hydrogens (tertiary/aromatic N) is 1. The summed E-state index contributed by atoms with van der Waals surface area (Å²) in [5.74, 6) is 0.608. The van der Waals surface area contributed by atoms with Gasteiger partial charge in [-0.1, -0.05) is 65.5 Å². The van der Waals surface area contributed by atoms with Gasteiger partial charge in [0.05, 0.1) is 0 Å². The van der Waals surface area contributed by atoms with Gasteiger partial charge in [-0.05, 0) is 91.2 Å². The predicted molar refractivity (Wildman–Crippen MR) is 146 cm³/mol. The standard InChI is InChI=1S/C32H43NO/c1-8-12-21(3)13-10-11-14-25-19-27-26-15-16-32(6,7)31(26)33-20-29(23(5)34)22(4)17-30(33)28(27)18-24(25)9-2/h17-20,26,31,34H,3-5,8-16H2,1-2,6-7H3. The lowest BCUT2D eigenvalue weighted by molar-refractivity contribution is 0.194. The number of allylic oxidation sites excluding steroid dienone is 3. The summed E-state index contributed by atoms with van der Waals surface area (Å²) in [5.41, 5.74) is 10.3. The monoisotopic (exact) mass is 457 g/mol. The highest BCUT2D eigenvalue weighted by Crippen LogP contribution is 2.56. The zero-order valence-electron chi connectivity index (χ0n) is 21.8. The minimum Gasteiger partial charge on any atom is -0.508 e. The first-order valence-corrected chi connectivity index (χ1v) is 13.3. The molecule has 2 heterocycles. The van der Waals surface area contributed by atoms with Crippen LogP contribution in [0.2, 0.25) is 0 Å². The van der Waals surface area contributed by atoms with E-state index in [1.807, 2.05) is 0 Å². The van der Waals surface area contributed by atoms with Crippen molar-refractivity contribution in [2.75, 3.05) is 0 Å². The quantitative estimate of drug-likeness (QED) is 0.227. The second-order valence-electron chi connectivity index (χ2n) is 11.3. The molecular formula is C32H43NO. The number of unbranched alkanes of at least 4 members (excludes halogenated alkanes) is 1. The van der Waals surface area contributed by atoms with E-state index >= 15 is 0 Å². The lowest BCUT2D eigenvalue weighted by atomic mass is 9.74. The van der Waals surface area contributed by atoms with Gasteiger partial charge in [-0.3, -0.25) is 0 Å². The van der Waals surface area contributed by atoms with E-state index in [2.05, 4.69) is 76.7 Å². The van der Waals surface area contributed by atoms with Gasteiger partial charge in [-0.2, -0.15) is 0 Å². The first kappa shape index (κ1) is 24.6. The van der Waals surface area contributed by atoms with Crippen LogP contribution >= 0.6 is 0 Å².